The van der Waals surface area contributed by atoms with E-state index in [-0.39, 0.29) is 5.78 Å². The molecule has 0 aliphatic heterocycles. The van der Waals surface area contributed by atoms with E-state index in [1.54, 1.807) is 19.2 Å². The summed E-state index contributed by atoms with van der Waals surface area (Å²) in [6, 6.07) is 3.61. The van der Waals surface area contributed by atoms with Crippen LogP contribution in [0.15, 0.2) is 12.1 Å². The van der Waals surface area contributed by atoms with E-state index in [4.69, 9.17) is 4.74 Å². The molecule has 0 fully saturated rings. The number of hydrogen-bond acceptors (Lipinski definition) is 3. The normalized spacial score (nSPS) is 13.3. The van der Waals surface area contributed by atoms with E-state index < -0.39 is 11.5 Å². The van der Waals surface area contributed by atoms with Gasteiger partial charge in [0, 0.05) is 5.41 Å². The molecule has 0 aliphatic rings. The Balaban J connectivity index is 3.16. The Morgan fingerprint density at radius 1 is 1.22 bits per heavy atom. The van der Waals surface area contributed by atoms with E-state index in [1.165, 1.54) is 0 Å². The zero-order valence-corrected chi connectivity index (χ0v) is 12.0. The predicted octanol–water partition coefficient (Wildman–Crippen LogP) is 2.96. The smallest absolute Gasteiger partial charge is 0.171 e. The van der Waals surface area contributed by atoms with Crippen molar-refractivity contribution in [2.24, 2.45) is 5.41 Å². The summed E-state index contributed by atoms with van der Waals surface area (Å²) in [5, 5.41) is 10.1. The zero-order valence-electron chi connectivity index (χ0n) is 12.0. The van der Waals surface area contributed by atoms with Gasteiger partial charge in [0.2, 0.25) is 0 Å². The second-order valence-corrected chi connectivity index (χ2v) is 5.70. The molecule has 18 heavy (non-hydrogen) atoms. The van der Waals surface area contributed by atoms with E-state index >= 15 is 0 Å². The lowest BCUT2D eigenvalue weighted by molar-refractivity contribution is -0.135. The Kier molecular flexibility index (Phi) is 4.17. The fourth-order valence-corrected chi connectivity index (χ4v) is 2.03. The average molecular weight is 250 g/mol. The molecule has 1 unspecified atom stereocenters. The molecule has 0 saturated heterocycles. The number of Topliss-reactive ketones (excluding diaryl/α,β-unsaturated/α-hetero) is 1. The average Bonchev–Trinajstić information content (AvgIpc) is 2.25. The van der Waals surface area contributed by atoms with Crippen LogP contribution >= 0.6 is 0 Å². The third-order valence-corrected chi connectivity index (χ3v) is 2.99. The summed E-state index contributed by atoms with van der Waals surface area (Å²) in [7, 11) is 1.62. The Morgan fingerprint density at radius 3 is 2.00 bits per heavy atom. The number of rotatable bonds is 3. The fourth-order valence-electron chi connectivity index (χ4n) is 2.03. The first-order valence-electron chi connectivity index (χ1n) is 6.06. The SMILES string of the molecule is COc1c(C)cc(C(O)C(=O)C(C)(C)C)cc1C. The minimum absolute atomic E-state index is 0.175. The molecular weight excluding hydrogens is 228 g/mol. The van der Waals surface area contributed by atoms with Crippen molar-refractivity contribution < 1.29 is 14.6 Å². The monoisotopic (exact) mass is 250 g/mol. The molecule has 1 N–H and O–H groups in total. The van der Waals surface area contributed by atoms with Gasteiger partial charge in [0.1, 0.15) is 11.9 Å². The van der Waals surface area contributed by atoms with Gasteiger partial charge in [0.05, 0.1) is 7.11 Å². The first kappa shape index (κ1) is 14.7. The number of hydrogen-bond donors (Lipinski definition) is 1. The van der Waals surface area contributed by atoms with Gasteiger partial charge in [-0.15, -0.1) is 0 Å². The van der Waals surface area contributed by atoms with Gasteiger partial charge in [0.25, 0.3) is 0 Å². The molecule has 0 aliphatic carbocycles. The summed E-state index contributed by atoms with van der Waals surface area (Å²) in [6.07, 6.45) is -1.08. The number of aliphatic hydroxyl groups excluding tert-OH is 1. The first-order chi connectivity index (χ1) is 8.18. The summed E-state index contributed by atoms with van der Waals surface area (Å²) in [4.78, 5) is 12.1. The number of carbonyl (C=O) groups is 1. The van der Waals surface area contributed by atoms with Crippen molar-refractivity contribution in [3.8, 4) is 5.75 Å². The summed E-state index contributed by atoms with van der Waals surface area (Å²) in [6.45, 7) is 9.23. The van der Waals surface area contributed by atoms with Crippen LogP contribution in [0.2, 0.25) is 0 Å². The van der Waals surface area contributed by atoms with Crippen LogP contribution in [0.5, 0.6) is 5.75 Å². The highest BCUT2D eigenvalue weighted by Gasteiger charge is 2.29. The quantitative estimate of drug-likeness (QED) is 0.897. The van der Waals surface area contributed by atoms with Gasteiger partial charge in [0.15, 0.2) is 5.78 Å². The fraction of sp³-hybridized carbons (Fsp3) is 0.533. The maximum atomic E-state index is 12.1. The van der Waals surface area contributed by atoms with Crippen LogP contribution in [0, 0.1) is 19.3 Å². The maximum Gasteiger partial charge on any atom is 0.171 e. The molecule has 3 heteroatoms. The third-order valence-electron chi connectivity index (χ3n) is 2.99. The Labute approximate surface area is 109 Å². The number of methoxy groups -OCH3 is 1. The van der Waals surface area contributed by atoms with Crippen molar-refractivity contribution in [2.75, 3.05) is 7.11 Å². The van der Waals surface area contributed by atoms with E-state index in [0.717, 1.165) is 16.9 Å². The van der Waals surface area contributed by atoms with Crippen molar-refractivity contribution in [1.29, 1.82) is 0 Å². The minimum atomic E-state index is -1.08. The molecule has 1 rings (SSSR count). The van der Waals surface area contributed by atoms with E-state index in [1.807, 2.05) is 34.6 Å². The number of aryl methyl sites for hydroxylation is 2. The number of ketones is 1. The van der Waals surface area contributed by atoms with Crippen molar-refractivity contribution >= 4 is 5.78 Å². The summed E-state index contributed by atoms with van der Waals surface area (Å²) < 4.78 is 5.27. The lowest BCUT2D eigenvalue weighted by Gasteiger charge is -2.22. The maximum absolute atomic E-state index is 12.1. The van der Waals surface area contributed by atoms with E-state index in [9.17, 15) is 9.90 Å². The van der Waals surface area contributed by atoms with Crippen LogP contribution in [-0.4, -0.2) is 18.0 Å². The second-order valence-electron chi connectivity index (χ2n) is 5.70. The van der Waals surface area contributed by atoms with Gasteiger partial charge in [-0.05, 0) is 42.7 Å². The summed E-state index contributed by atoms with van der Waals surface area (Å²) >= 11 is 0. The lowest BCUT2D eigenvalue weighted by Crippen LogP contribution is -2.26. The van der Waals surface area contributed by atoms with Gasteiger partial charge in [-0.1, -0.05) is 20.8 Å². The Bertz CT molecular complexity index is 432. The van der Waals surface area contributed by atoms with Gasteiger partial charge >= 0.3 is 0 Å². The molecule has 1 aromatic rings. The molecular formula is C15H22O3. The molecule has 1 aromatic carbocycles. The Morgan fingerprint density at radius 2 is 1.67 bits per heavy atom. The number of aliphatic hydroxyl groups is 1. The largest absolute Gasteiger partial charge is 0.496 e. The van der Waals surface area contributed by atoms with Gasteiger partial charge in [-0.25, -0.2) is 0 Å². The van der Waals surface area contributed by atoms with Gasteiger partial charge < -0.3 is 9.84 Å². The van der Waals surface area contributed by atoms with Crippen LogP contribution in [0.3, 0.4) is 0 Å². The Hall–Kier alpha value is -1.35. The predicted molar refractivity (Wildman–Crippen MR) is 71.9 cm³/mol. The third kappa shape index (κ3) is 2.91. The van der Waals surface area contributed by atoms with Crippen molar-refractivity contribution in [1.82, 2.24) is 0 Å². The number of benzene rings is 1. The number of ether oxygens (including phenoxy) is 1. The molecule has 0 aromatic heterocycles. The molecule has 0 saturated carbocycles. The topological polar surface area (TPSA) is 46.5 Å². The standard InChI is InChI=1S/C15H22O3/c1-9-7-11(8-10(2)13(9)18-6)12(16)14(17)15(3,4)5/h7-8,12,16H,1-6H3. The van der Waals surface area contributed by atoms with Crippen LogP contribution < -0.4 is 4.74 Å². The molecule has 3 nitrogen and oxygen atoms in total. The van der Waals surface area contributed by atoms with Crippen LogP contribution in [-0.2, 0) is 4.79 Å². The minimum Gasteiger partial charge on any atom is -0.496 e. The van der Waals surface area contributed by atoms with Crippen LogP contribution in [0.25, 0.3) is 0 Å². The first-order valence-corrected chi connectivity index (χ1v) is 6.06. The molecule has 0 bridgehead atoms. The highest BCUT2D eigenvalue weighted by molar-refractivity contribution is 5.88. The summed E-state index contributed by atoms with van der Waals surface area (Å²) in [5.74, 6) is 0.626. The molecule has 0 amide bonds. The van der Waals surface area contributed by atoms with Gasteiger partial charge in [-0.2, -0.15) is 0 Å². The highest BCUT2D eigenvalue weighted by atomic mass is 16.5. The second kappa shape index (κ2) is 5.11. The molecule has 0 radical (unpaired) electrons. The van der Waals surface area contributed by atoms with Crippen molar-refractivity contribution in [3.63, 3.8) is 0 Å². The molecule has 100 valence electrons. The lowest BCUT2D eigenvalue weighted by atomic mass is 9.84. The van der Waals surface area contributed by atoms with Gasteiger partial charge in [-0.3, -0.25) is 4.79 Å². The van der Waals surface area contributed by atoms with E-state index in [2.05, 4.69) is 0 Å². The molecule has 1 atom stereocenters. The van der Waals surface area contributed by atoms with E-state index in [0.29, 0.717) is 5.56 Å². The highest BCUT2D eigenvalue weighted by Crippen LogP contribution is 2.30. The number of carbonyl (C=O) groups excluding carboxylic acids is 1. The zero-order chi connectivity index (χ0) is 14.1. The van der Waals surface area contributed by atoms with Crippen molar-refractivity contribution in [2.45, 2.75) is 40.7 Å². The van der Waals surface area contributed by atoms with Crippen molar-refractivity contribution in [3.05, 3.63) is 28.8 Å². The van der Waals surface area contributed by atoms with Crippen LogP contribution in [0.1, 0.15) is 43.6 Å². The molecule has 0 heterocycles. The van der Waals surface area contributed by atoms with Crippen LogP contribution in [0.4, 0.5) is 0 Å². The molecule has 0 spiro atoms. The summed E-state index contributed by atoms with van der Waals surface area (Å²) in [5.41, 5.74) is 1.92.